The molecule has 0 amide bonds. The molecule has 1 aromatic carbocycles. The first-order valence-electron chi connectivity index (χ1n) is 7.05. The molecule has 0 atom stereocenters. The normalized spacial score (nSPS) is 11.9. The van der Waals surface area contributed by atoms with Crippen LogP contribution in [-0.2, 0) is 18.5 Å². The molecule has 5 heteroatoms. The molecule has 2 aromatic rings. The Morgan fingerprint density at radius 1 is 1.24 bits per heavy atom. The summed E-state index contributed by atoms with van der Waals surface area (Å²) in [5.74, 6) is 0. The van der Waals surface area contributed by atoms with Crippen molar-refractivity contribution >= 4 is 23.2 Å². The Bertz CT molecular complexity index is 600. The predicted octanol–water partition coefficient (Wildman–Crippen LogP) is 4.28. The molecule has 0 spiro atoms. The lowest BCUT2D eigenvalue weighted by Gasteiger charge is -2.18. The van der Waals surface area contributed by atoms with Crippen molar-refractivity contribution in [1.82, 2.24) is 15.1 Å². The third kappa shape index (κ3) is 4.73. The van der Waals surface area contributed by atoms with E-state index in [4.69, 9.17) is 23.2 Å². The molecule has 3 nitrogen and oxygen atoms in total. The van der Waals surface area contributed by atoms with Crippen LogP contribution in [0.15, 0.2) is 30.6 Å². The van der Waals surface area contributed by atoms with Crippen molar-refractivity contribution in [3.63, 3.8) is 0 Å². The molecule has 0 aliphatic rings. The van der Waals surface area contributed by atoms with E-state index >= 15 is 0 Å². The van der Waals surface area contributed by atoms with E-state index in [0.717, 1.165) is 30.1 Å². The van der Waals surface area contributed by atoms with Crippen LogP contribution in [0.3, 0.4) is 0 Å². The lowest BCUT2D eigenvalue weighted by molar-refractivity contribution is 0.355. The molecule has 0 aliphatic carbocycles. The smallest absolute Gasteiger partial charge is 0.0543 e. The fraction of sp³-hybridized carbons (Fsp3) is 0.438. The first-order chi connectivity index (χ1) is 9.86. The number of benzene rings is 1. The van der Waals surface area contributed by atoms with Crippen molar-refractivity contribution in [2.75, 3.05) is 6.54 Å². The second-order valence-electron chi connectivity index (χ2n) is 6.13. The van der Waals surface area contributed by atoms with Crippen LogP contribution in [-0.4, -0.2) is 16.3 Å². The highest BCUT2D eigenvalue weighted by Crippen LogP contribution is 2.21. The van der Waals surface area contributed by atoms with Gasteiger partial charge in [-0.05, 0) is 51.4 Å². The molecule has 0 unspecified atom stereocenters. The lowest BCUT2D eigenvalue weighted by atomic mass is 10.1. The van der Waals surface area contributed by atoms with Gasteiger partial charge in [0.2, 0.25) is 0 Å². The standard InChI is InChI=1S/C16H21Cl2N3/c1-16(2,3)21-11-12(10-20-21)9-19-7-6-13-4-5-14(17)8-15(13)18/h4-5,8,10-11,19H,6-7,9H2,1-3H3. The molecule has 21 heavy (non-hydrogen) atoms. The minimum Gasteiger partial charge on any atom is -0.312 e. The van der Waals surface area contributed by atoms with Crippen LogP contribution in [0.25, 0.3) is 0 Å². The number of nitrogens with one attached hydrogen (secondary N) is 1. The summed E-state index contributed by atoms with van der Waals surface area (Å²) < 4.78 is 1.99. The van der Waals surface area contributed by atoms with Crippen LogP contribution >= 0.6 is 23.2 Å². The summed E-state index contributed by atoms with van der Waals surface area (Å²) in [6, 6.07) is 5.63. The van der Waals surface area contributed by atoms with Crippen LogP contribution < -0.4 is 5.32 Å². The van der Waals surface area contributed by atoms with Crippen LogP contribution in [0.4, 0.5) is 0 Å². The fourth-order valence-electron chi connectivity index (χ4n) is 2.00. The van der Waals surface area contributed by atoms with E-state index in [-0.39, 0.29) is 5.54 Å². The van der Waals surface area contributed by atoms with Gasteiger partial charge in [-0.2, -0.15) is 5.10 Å². The Morgan fingerprint density at radius 3 is 2.62 bits per heavy atom. The average Bonchev–Trinajstić information content (AvgIpc) is 2.85. The van der Waals surface area contributed by atoms with Crippen LogP contribution in [0.5, 0.6) is 0 Å². The highest BCUT2D eigenvalue weighted by atomic mass is 35.5. The second kappa shape index (κ2) is 6.82. The molecule has 2 rings (SSSR count). The Kier molecular flexibility index (Phi) is 5.31. The van der Waals surface area contributed by atoms with Gasteiger partial charge in [0.15, 0.2) is 0 Å². The lowest BCUT2D eigenvalue weighted by Crippen LogP contribution is -2.22. The third-order valence-corrected chi connectivity index (χ3v) is 3.83. The Labute approximate surface area is 136 Å². The summed E-state index contributed by atoms with van der Waals surface area (Å²) in [6.45, 7) is 8.09. The number of rotatable bonds is 5. The quantitative estimate of drug-likeness (QED) is 0.831. The first kappa shape index (κ1) is 16.3. The zero-order valence-electron chi connectivity index (χ0n) is 12.7. The molecule has 0 bridgehead atoms. The van der Waals surface area contributed by atoms with E-state index in [1.54, 1.807) is 6.07 Å². The van der Waals surface area contributed by atoms with E-state index in [9.17, 15) is 0 Å². The van der Waals surface area contributed by atoms with Crippen LogP contribution in [0, 0.1) is 0 Å². The molecule has 0 fully saturated rings. The van der Waals surface area contributed by atoms with Gasteiger partial charge in [-0.1, -0.05) is 29.3 Å². The summed E-state index contributed by atoms with van der Waals surface area (Å²) in [4.78, 5) is 0. The molecular weight excluding hydrogens is 305 g/mol. The topological polar surface area (TPSA) is 29.9 Å². The highest BCUT2D eigenvalue weighted by Gasteiger charge is 2.13. The highest BCUT2D eigenvalue weighted by molar-refractivity contribution is 6.35. The van der Waals surface area contributed by atoms with Crippen molar-refractivity contribution < 1.29 is 0 Å². The summed E-state index contributed by atoms with van der Waals surface area (Å²) in [6.07, 6.45) is 4.87. The molecule has 1 N–H and O–H groups in total. The molecule has 0 saturated carbocycles. The molecule has 1 heterocycles. The SMILES string of the molecule is CC(C)(C)n1cc(CNCCc2ccc(Cl)cc2Cl)cn1. The summed E-state index contributed by atoms with van der Waals surface area (Å²) in [7, 11) is 0. The molecular formula is C16H21Cl2N3. The third-order valence-electron chi connectivity index (χ3n) is 3.24. The molecule has 1 aromatic heterocycles. The van der Waals surface area contributed by atoms with Crippen molar-refractivity contribution in [3.8, 4) is 0 Å². The molecule has 0 radical (unpaired) electrons. The van der Waals surface area contributed by atoms with E-state index in [0.29, 0.717) is 5.02 Å². The van der Waals surface area contributed by atoms with Crippen molar-refractivity contribution in [2.45, 2.75) is 39.3 Å². The number of halogens is 2. The Morgan fingerprint density at radius 2 is 2.00 bits per heavy atom. The Balaban J connectivity index is 1.81. The fourth-order valence-corrected chi connectivity index (χ4v) is 2.50. The van der Waals surface area contributed by atoms with Gasteiger partial charge in [-0.3, -0.25) is 4.68 Å². The maximum Gasteiger partial charge on any atom is 0.0543 e. The van der Waals surface area contributed by atoms with E-state index < -0.39 is 0 Å². The average molecular weight is 326 g/mol. The summed E-state index contributed by atoms with van der Waals surface area (Å²) >= 11 is 12.0. The maximum absolute atomic E-state index is 6.15. The van der Waals surface area contributed by atoms with Gasteiger partial charge in [0, 0.05) is 28.4 Å². The molecule has 0 aliphatic heterocycles. The first-order valence-corrected chi connectivity index (χ1v) is 7.80. The molecule has 114 valence electrons. The summed E-state index contributed by atoms with van der Waals surface area (Å²) in [5.41, 5.74) is 2.32. The largest absolute Gasteiger partial charge is 0.312 e. The predicted molar refractivity (Wildman–Crippen MR) is 89.1 cm³/mol. The number of hydrogen-bond donors (Lipinski definition) is 1. The van der Waals surface area contributed by atoms with Gasteiger partial charge >= 0.3 is 0 Å². The van der Waals surface area contributed by atoms with E-state index in [1.807, 2.05) is 23.0 Å². The van der Waals surface area contributed by atoms with Gasteiger partial charge in [-0.15, -0.1) is 0 Å². The zero-order chi connectivity index (χ0) is 15.5. The second-order valence-corrected chi connectivity index (χ2v) is 6.97. The van der Waals surface area contributed by atoms with Crippen LogP contribution in [0.2, 0.25) is 10.0 Å². The van der Waals surface area contributed by atoms with E-state index in [1.165, 1.54) is 5.56 Å². The summed E-state index contributed by atoms with van der Waals surface area (Å²) in [5, 5.41) is 9.20. The number of nitrogens with zero attached hydrogens (tertiary/aromatic N) is 2. The minimum absolute atomic E-state index is 0.0229. The van der Waals surface area contributed by atoms with Gasteiger partial charge in [0.25, 0.3) is 0 Å². The van der Waals surface area contributed by atoms with Crippen LogP contribution in [0.1, 0.15) is 31.9 Å². The van der Waals surface area contributed by atoms with Crippen molar-refractivity contribution in [2.24, 2.45) is 0 Å². The van der Waals surface area contributed by atoms with Crippen molar-refractivity contribution in [1.29, 1.82) is 0 Å². The molecule has 0 saturated heterocycles. The number of hydrogen-bond acceptors (Lipinski definition) is 2. The minimum atomic E-state index is 0.0229. The Hall–Kier alpha value is -1.03. The number of aromatic nitrogens is 2. The van der Waals surface area contributed by atoms with Gasteiger partial charge in [0.1, 0.15) is 0 Å². The monoisotopic (exact) mass is 325 g/mol. The van der Waals surface area contributed by atoms with Gasteiger partial charge < -0.3 is 5.32 Å². The van der Waals surface area contributed by atoms with Gasteiger partial charge in [0.05, 0.1) is 11.7 Å². The van der Waals surface area contributed by atoms with E-state index in [2.05, 4.69) is 37.4 Å². The zero-order valence-corrected chi connectivity index (χ0v) is 14.2. The van der Waals surface area contributed by atoms with Gasteiger partial charge in [-0.25, -0.2) is 0 Å². The van der Waals surface area contributed by atoms with Crippen molar-refractivity contribution in [3.05, 3.63) is 51.8 Å². The maximum atomic E-state index is 6.15.